The molecule has 1 unspecified atom stereocenters. The molecule has 4 heteroatoms. The number of phenols is 1. The molecule has 100 valence electrons. The standard InChI is InChI=1S/C14H22N2O2/c1-4-11(15)8-14(18)16(5-2)13-9-12(17)7-6-10(13)3/h6-7,9,11,17H,4-5,8,15H2,1-3H3. The molecule has 0 radical (unpaired) electrons. The molecule has 0 aliphatic rings. The van der Waals surface area contributed by atoms with Gasteiger partial charge in [-0.3, -0.25) is 4.79 Å². The van der Waals surface area contributed by atoms with Crippen molar-refractivity contribution in [1.82, 2.24) is 0 Å². The minimum Gasteiger partial charge on any atom is -0.508 e. The molecule has 3 N–H and O–H groups in total. The number of amides is 1. The first kappa shape index (κ1) is 14.5. The SMILES string of the molecule is CCC(N)CC(=O)N(CC)c1cc(O)ccc1C. The van der Waals surface area contributed by atoms with E-state index in [1.165, 1.54) is 0 Å². The van der Waals surface area contributed by atoms with Gasteiger partial charge in [0.1, 0.15) is 5.75 Å². The van der Waals surface area contributed by atoms with Gasteiger partial charge in [0, 0.05) is 25.1 Å². The van der Waals surface area contributed by atoms with Crippen LogP contribution in [0.15, 0.2) is 18.2 Å². The van der Waals surface area contributed by atoms with Gasteiger partial charge in [0.2, 0.25) is 5.91 Å². The summed E-state index contributed by atoms with van der Waals surface area (Å²) in [6, 6.07) is 4.94. The van der Waals surface area contributed by atoms with Crippen LogP contribution in [0.2, 0.25) is 0 Å². The molecule has 1 rings (SSSR count). The number of anilines is 1. The summed E-state index contributed by atoms with van der Waals surface area (Å²) in [6.07, 6.45) is 1.11. The molecule has 18 heavy (non-hydrogen) atoms. The van der Waals surface area contributed by atoms with E-state index in [2.05, 4.69) is 0 Å². The first-order valence-corrected chi connectivity index (χ1v) is 6.35. The van der Waals surface area contributed by atoms with Crippen molar-refractivity contribution in [3.8, 4) is 5.75 Å². The first-order valence-electron chi connectivity index (χ1n) is 6.35. The molecule has 1 aromatic rings. The van der Waals surface area contributed by atoms with Crippen molar-refractivity contribution in [3.05, 3.63) is 23.8 Å². The van der Waals surface area contributed by atoms with E-state index in [0.717, 1.165) is 17.7 Å². The van der Waals surface area contributed by atoms with Crippen molar-refractivity contribution in [3.63, 3.8) is 0 Å². The minimum absolute atomic E-state index is 0.000509. The Morgan fingerprint density at radius 1 is 1.44 bits per heavy atom. The number of benzene rings is 1. The molecule has 0 aliphatic heterocycles. The number of hydrogen-bond acceptors (Lipinski definition) is 3. The topological polar surface area (TPSA) is 66.6 Å². The van der Waals surface area contributed by atoms with Crippen LogP contribution in [0.3, 0.4) is 0 Å². The second kappa shape index (κ2) is 6.40. The molecule has 0 aromatic heterocycles. The summed E-state index contributed by atoms with van der Waals surface area (Å²) in [5.41, 5.74) is 7.54. The molecule has 0 aliphatic carbocycles. The predicted molar refractivity (Wildman–Crippen MR) is 73.8 cm³/mol. The van der Waals surface area contributed by atoms with Gasteiger partial charge in [-0.05, 0) is 31.9 Å². The van der Waals surface area contributed by atoms with Gasteiger partial charge in [0.25, 0.3) is 0 Å². The third-order valence-corrected chi connectivity index (χ3v) is 3.06. The van der Waals surface area contributed by atoms with Crippen molar-refractivity contribution in [2.75, 3.05) is 11.4 Å². The second-order valence-electron chi connectivity index (χ2n) is 4.48. The molecule has 0 heterocycles. The van der Waals surface area contributed by atoms with Crippen LogP contribution in [0.4, 0.5) is 5.69 Å². The lowest BCUT2D eigenvalue weighted by atomic mass is 10.1. The fourth-order valence-corrected chi connectivity index (χ4v) is 1.85. The molecular weight excluding hydrogens is 228 g/mol. The van der Waals surface area contributed by atoms with Crippen LogP contribution < -0.4 is 10.6 Å². The highest BCUT2D eigenvalue weighted by Crippen LogP contribution is 2.25. The molecule has 0 spiro atoms. The number of nitrogens with two attached hydrogens (primary N) is 1. The molecule has 1 amide bonds. The summed E-state index contributed by atoms with van der Waals surface area (Å²) in [5, 5.41) is 9.53. The molecule has 0 saturated carbocycles. The van der Waals surface area contributed by atoms with Crippen molar-refractivity contribution in [2.24, 2.45) is 5.73 Å². The third kappa shape index (κ3) is 3.47. The number of rotatable bonds is 5. The van der Waals surface area contributed by atoms with E-state index >= 15 is 0 Å². The Hall–Kier alpha value is -1.55. The lowest BCUT2D eigenvalue weighted by Crippen LogP contribution is -2.36. The second-order valence-corrected chi connectivity index (χ2v) is 4.48. The van der Waals surface area contributed by atoms with Crippen LogP contribution in [0.1, 0.15) is 32.3 Å². The third-order valence-electron chi connectivity index (χ3n) is 3.06. The van der Waals surface area contributed by atoms with Crippen LogP contribution in [0.25, 0.3) is 0 Å². The van der Waals surface area contributed by atoms with Gasteiger partial charge in [-0.2, -0.15) is 0 Å². The van der Waals surface area contributed by atoms with E-state index in [1.54, 1.807) is 23.1 Å². The molecule has 0 saturated heterocycles. The summed E-state index contributed by atoms with van der Waals surface area (Å²) in [5.74, 6) is 0.169. The predicted octanol–water partition coefficient (Wildman–Crippen LogP) is 2.18. The Labute approximate surface area is 108 Å². The number of nitrogens with zero attached hydrogens (tertiary/aromatic N) is 1. The zero-order valence-electron chi connectivity index (χ0n) is 11.3. The summed E-state index contributed by atoms with van der Waals surface area (Å²) in [6.45, 7) is 6.37. The quantitative estimate of drug-likeness (QED) is 0.841. The number of aryl methyl sites for hydroxylation is 1. The lowest BCUT2D eigenvalue weighted by Gasteiger charge is -2.24. The fourth-order valence-electron chi connectivity index (χ4n) is 1.85. The smallest absolute Gasteiger partial charge is 0.228 e. The Balaban J connectivity index is 2.95. The number of carbonyl (C=O) groups is 1. The number of phenolic OH excluding ortho intramolecular Hbond substituents is 1. The largest absolute Gasteiger partial charge is 0.508 e. The molecule has 1 atom stereocenters. The maximum atomic E-state index is 12.2. The molecule has 1 aromatic carbocycles. The van der Waals surface area contributed by atoms with Crippen LogP contribution >= 0.6 is 0 Å². The average Bonchev–Trinajstić information content (AvgIpc) is 2.34. The van der Waals surface area contributed by atoms with E-state index in [1.807, 2.05) is 20.8 Å². The van der Waals surface area contributed by atoms with Crippen molar-refractivity contribution in [1.29, 1.82) is 0 Å². The lowest BCUT2D eigenvalue weighted by molar-refractivity contribution is -0.118. The highest BCUT2D eigenvalue weighted by molar-refractivity contribution is 5.94. The van der Waals surface area contributed by atoms with Gasteiger partial charge in [-0.1, -0.05) is 13.0 Å². The fraction of sp³-hybridized carbons (Fsp3) is 0.500. The summed E-state index contributed by atoms with van der Waals surface area (Å²) >= 11 is 0. The number of hydrogen-bond donors (Lipinski definition) is 2. The van der Waals surface area contributed by atoms with Crippen molar-refractivity contribution >= 4 is 11.6 Å². The zero-order chi connectivity index (χ0) is 13.7. The minimum atomic E-state index is -0.107. The average molecular weight is 250 g/mol. The highest BCUT2D eigenvalue weighted by Gasteiger charge is 2.18. The number of carbonyl (C=O) groups excluding carboxylic acids is 1. The van der Waals surface area contributed by atoms with Gasteiger partial charge in [-0.25, -0.2) is 0 Å². The van der Waals surface area contributed by atoms with Gasteiger partial charge in [0.15, 0.2) is 0 Å². The van der Waals surface area contributed by atoms with Crippen LogP contribution in [0, 0.1) is 6.92 Å². The Morgan fingerprint density at radius 2 is 2.11 bits per heavy atom. The van der Waals surface area contributed by atoms with Gasteiger partial charge in [-0.15, -0.1) is 0 Å². The molecular formula is C14H22N2O2. The van der Waals surface area contributed by atoms with E-state index in [-0.39, 0.29) is 17.7 Å². The maximum Gasteiger partial charge on any atom is 0.228 e. The van der Waals surface area contributed by atoms with Gasteiger partial charge >= 0.3 is 0 Å². The summed E-state index contributed by atoms with van der Waals surface area (Å²) in [4.78, 5) is 13.8. The van der Waals surface area contributed by atoms with E-state index in [4.69, 9.17) is 5.73 Å². The number of aromatic hydroxyl groups is 1. The van der Waals surface area contributed by atoms with Gasteiger partial charge in [0.05, 0.1) is 5.69 Å². The molecule has 0 fully saturated rings. The van der Waals surface area contributed by atoms with E-state index in [0.29, 0.717) is 13.0 Å². The maximum absolute atomic E-state index is 12.2. The molecule has 4 nitrogen and oxygen atoms in total. The normalized spacial score (nSPS) is 12.2. The van der Waals surface area contributed by atoms with Gasteiger partial charge < -0.3 is 15.7 Å². The zero-order valence-corrected chi connectivity index (χ0v) is 11.3. The van der Waals surface area contributed by atoms with Crippen molar-refractivity contribution in [2.45, 2.75) is 39.7 Å². The van der Waals surface area contributed by atoms with E-state index in [9.17, 15) is 9.90 Å². The first-order chi connectivity index (χ1) is 8.49. The van der Waals surface area contributed by atoms with Crippen molar-refractivity contribution < 1.29 is 9.90 Å². The Bertz CT molecular complexity index is 418. The Kier molecular flexibility index (Phi) is 5.16. The Morgan fingerprint density at radius 3 is 2.67 bits per heavy atom. The van der Waals surface area contributed by atoms with E-state index < -0.39 is 0 Å². The van der Waals surface area contributed by atoms with Crippen LogP contribution in [0.5, 0.6) is 5.75 Å². The molecule has 0 bridgehead atoms. The summed E-state index contributed by atoms with van der Waals surface area (Å²) < 4.78 is 0. The summed E-state index contributed by atoms with van der Waals surface area (Å²) in [7, 11) is 0. The van der Waals surface area contributed by atoms with Crippen LogP contribution in [-0.2, 0) is 4.79 Å². The monoisotopic (exact) mass is 250 g/mol. The highest BCUT2D eigenvalue weighted by atomic mass is 16.3. The van der Waals surface area contributed by atoms with Crippen LogP contribution in [-0.4, -0.2) is 23.6 Å².